The molecule has 17 heavy (non-hydrogen) atoms. The van der Waals surface area contributed by atoms with E-state index in [1.807, 2.05) is 11.8 Å². The van der Waals surface area contributed by atoms with E-state index in [9.17, 15) is 4.39 Å². The van der Waals surface area contributed by atoms with Crippen molar-refractivity contribution in [1.29, 1.82) is 0 Å². The van der Waals surface area contributed by atoms with E-state index < -0.39 is 0 Å². The van der Waals surface area contributed by atoms with Crippen LogP contribution >= 0.6 is 11.6 Å². The van der Waals surface area contributed by atoms with Gasteiger partial charge in [0.15, 0.2) is 11.6 Å². The van der Waals surface area contributed by atoms with Crippen LogP contribution in [0.25, 0.3) is 0 Å². The van der Waals surface area contributed by atoms with Gasteiger partial charge in [0.1, 0.15) is 0 Å². The van der Waals surface area contributed by atoms with Crippen LogP contribution < -0.4 is 10.6 Å². The monoisotopic (exact) mass is 257 g/mol. The Labute approximate surface area is 106 Å². The molecule has 2 N–H and O–H groups in total. The Bertz CT molecular complexity index is 389. The van der Waals surface area contributed by atoms with Crippen molar-refractivity contribution in [3.63, 3.8) is 0 Å². The molecule has 2 rings (SSSR count). The first kappa shape index (κ1) is 12.6. The van der Waals surface area contributed by atoms with E-state index in [-0.39, 0.29) is 11.9 Å². The van der Waals surface area contributed by atoms with Crippen LogP contribution in [0.5, 0.6) is 0 Å². The molecule has 0 amide bonds. The molecule has 0 bridgehead atoms. The minimum Gasteiger partial charge on any atom is -0.354 e. The first-order valence-corrected chi connectivity index (χ1v) is 6.27. The van der Waals surface area contributed by atoms with E-state index >= 15 is 0 Å². The molecule has 1 aliphatic heterocycles. The number of rotatable bonds is 2. The molecule has 1 atom stereocenters. The maximum Gasteiger partial charge on any atom is 0.167 e. The molecule has 0 spiro atoms. The quantitative estimate of drug-likeness (QED) is 0.885. The summed E-state index contributed by atoms with van der Waals surface area (Å²) in [7, 11) is 0. The van der Waals surface area contributed by atoms with Crippen LogP contribution in [0, 0.1) is 11.7 Å². The van der Waals surface area contributed by atoms with Crippen molar-refractivity contribution in [2.24, 2.45) is 11.7 Å². The second-order valence-corrected chi connectivity index (χ2v) is 5.08. The summed E-state index contributed by atoms with van der Waals surface area (Å²) in [5, 5.41) is 0.330. The van der Waals surface area contributed by atoms with Gasteiger partial charge in [-0.05, 0) is 31.7 Å². The maximum atomic E-state index is 13.7. The van der Waals surface area contributed by atoms with Gasteiger partial charge in [-0.25, -0.2) is 9.37 Å². The number of hydrogen-bond donors (Lipinski definition) is 1. The van der Waals surface area contributed by atoms with Gasteiger partial charge in [0.25, 0.3) is 0 Å². The third-order valence-electron chi connectivity index (χ3n) is 3.37. The summed E-state index contributed by atoms with van der Waals surface area (Å²) in [5.74, 6) is 0.580. The zero-order valence-corrected chi connectivity index (χ0v) is 10.6. The lowest BCUT2D eigenvalue weighted by Gasteiger charge is -2.34. The van der Waals surface area contributed by atoms with E-state index in [1.54, 1.807) is 0 Å². The van der Waals surface area contributed by atoms with Gasteiger partial charge in [-0.1, -0.05) is 11.6 Å². The predicted octanol–water partition coefficient (Wildman–Crippen LogP) is 2.44. The molecule has 0 saturated carbocycles. The van der Waals surface area contributed by atoms with Crippen LogP contribution in [-0.4, -0.2) is 24.1 Å². The fourth-order valence-corrected chi connectivity index (χ4v) is 2.42. The Balaban J connectivity index is 2.05. The lowest BCUT2D eigenvalue weighted by Crippen LogP contribution is -2.40. The highest BCUT2D eigenvalue weighted by Crippen LogP contribution is 2.26. The molecule has 94 valence electrons. The van der Waals surface area contributed by atoms with Gasteiger partial charge in [0.2, 0.25) is 0 Å². The molecule has 0 radical (unpaired) electrons. The number of pyridine rings is 1. The summed E-state index contributed by atoms with van der Waals surface area (Å²) in [6, 6.07) is 1.52. The smallest absolute Gasteiger partial charge is 0.167 e. The third kappa shape index (κ3) is 2.87. The average molecular weight is 258 g/mol. The molecule has 0 aromatic carbocycles. The van der Waals surface area contributed by atoms with Gasteiger partial charge < -0.3 is 10.6 Å². The highest BCUT2D eigenvalue weighted by atomic mass is 35.5. The van der Waals surface area contributed by atoms with Crippen molar-refractivity contribution < 1.29 is 4.39 Å². The molecule has 0 aliphatic carbocycles. The number of nitrogens with zero attached hydrogens (tertiary/aromatic N) is 2. The van der Waals surface area contributed by atoms with E-state index in [4.69, 9.17) is 17.3 Å². The second kappa shape index (κ2) is 5.19. The van der Waals surface area contributed by atoms with Crippen molar-refractivity contribution in [2.75, 3.05) is 18.0 Å². The Morgan fingerprint density at radius 2 is 2.18 bits per heavy atom. The Hall–Kier alpha value is -0.870. The molecular formula is C12H17ClFN3. The van der Waals surface area contributed by atoms with Gasteiger partial charge in [-0.2, -0.15) is 0 Å². The summed E-state index contributed by atoms with van der Waals surface area (Å²) in [6.07, 6.45) is 3.46. The van der Waals surface area contributed by atoms with Crippen LogP contribution in [0.15, 0.2) is 12.3 Å². The molecule has 1 fully saturated rings. The summed E-state index contributed by atoms with van der Waals surface area (Å²) >= 11 is 5.68. The van der Waals surface area contributed by atoms with Crippen LogP contribution in [0.3, 0.4) is 0 Å². The number of hydrogen-bond acceptors (Lipinski definition) is 3. The largest absolute Gasteiger partial charge is 0.354 e. The molecular weight excluding hydrogens is 241 g/mol. The minimum absolute atomic E-state index is 0.208. The SMILES string of the molecule is CC(N)C1CCN(c2ncc(Cl)cc2F)CC1. The van der Waals surface area contributed by atoms with E-state index in [2.05, 4.69) is 4.98 Å². The van der Waals surface area contributed by atoms with Gasteiger partial charge >= 0.3 is 0 Å². The van der Waals surface area contributed by atoms with Crippen LogP contribution in [-0.2, 0) is 0 Å². The Morgan fingerprint density at radius 1 is 1.53 bits per heavy atom. The molecule has 1 aromatic heterocycles. The molecule has 5 heteroatoms. The highest BCUT2D eigenvalue weighted by Gasteiger charge is 2.24. The van der Waals surface area contributed by atoms with Crippen LogP contribution in [0.2, 0.25) is 5.02 Å². The van der Waals surface area contributed by atoms with E-state index in [1.165, 1.54) is 12.3 Å². The second-order valence-electron chi connectivity index (χ2n) is 4.64. The van der Waals surface area contributed by atoms with Gasteiger partial charge in [-0.15, -0.1) is 0 Å². The molecule has 3 nitrogen and oxygen atoms in total. The molecule has 1 unspecified atom stereocenters. The molecule has 1 saturated heterocycles. The minimum atomic E-state index is -0.350. The summed E-state index contributed by atoms with van der Waals surface area (Å²) in [4.78, 5) is 6.02. The lowest BCUT2D eigenvalue weighted by atomic mass is 9.91. The van der Waals surface area contributed by atoms with Gasteiger partial charge in [0.05, 0.1) is 5.02 Å². The zero-order valence-electron chi connectivity index (χ0n) is 9.87. The normalized spacial score (nSPS) is 19.4. The van der Waals surface area contributed by atoms with E-state index in [0.717, 1.165) is 25.9 Å². The lowest BCUT2D eigenvalue weighted by molar-refractivity contribution is 0.352. The first-order valence-electron chi connectivity index (χ1n) is 5.89. The molecule has 1 aromatic rings. The first-order chi connectivity index (χ1) is 8.08. The Kier molecular flexibility index (Phi) is 3.84. The summed E-state index contributed by atoms with van der Waals surface area (Å²) in [5.41, 5.74) is 5.88. The number of aromatic nitrogens is 1. The predicted molar refractivity (Wildman–Crippen MR) is 67.8 cm³/mol. The summed E-state index contributed by atoms with van der Waals surface area (Å²) in [6.45, 7) is 3.64. The summed E-state index contributed by atoms with van der Waals surface area (Å²) < 4.78 is 13.7. The van der Waals surface area contributed by atoms with Crippen molar-refractivity contribution in [3.05, 3.63) is 23.1 Å². The topological polar surface area (TPSA) is 42.1 Å². The van der Waals surface area contributed by atoms with Crippen molar-refractivity contribution in [2.45, 2.75) is 25.8 Å². The fourth-order valence-electron chi connectivity index (χ4n) is 2.28. The number of nitrogens with two attached hydrogens (primary N) is 1. The Morgan fingerprint density at radius 3 is 2.71 bits per heavy atom. The van der Waals surface area contributed by atoms with Gasteiger partial charge in [0, 0.05) is 25.3 Å². The number of halogens is 2. The van der Waals surface area contributed by atoms with Crippen LogP contribution in [0.4, 0.5) is 10.2 Å². The van der Waals surface area contributed by atoms with Crippen molar-refractivity contribution >= 4 is 17.4 Å². The maximum absolute atomic E-state index is 13.7. The van der Waals surface area contributed by atoms with Crippen molar-refractivity contribution in [3.8, 4) is 0 Å². The molecule has 1 aliphatic rings. The van der Waals surface area contributed by atoms with Crippen molar-refractivity contribution in [1.82, 2.24) is 4.98 Å². The highest BCUT2D eigenvalue weighted by molar-refractivity contribution is 6.30. The number of piperidine rings is 1. The zero-order chi connectivity index (χ0) is 12.4. The third-order valence-corrected chi connectivity index (χ3v) is 3.58. The fraction of sp³-hybridized carbons (Fsp3) is 0.583. The molecule has 2 heterocycles. The average Bonchev–Trinajstić information content (AvgIpc) is 2.29. The standard InChI is InChI=1S/C12H17ClFN3/c1-8(15)9-2-4-17(5-3-9)12-11(14)6-10(13)7-16-12/h6-9H,2-5,15H2,1H3. The van der Waals surface area contributed by atoms with E-state index in [0.29, 0.717) is 16.8 Å². The van der Waals surface area contributed by atoms with Crippen LogP contribution in [0.1, 0.15) is 19.8 Å². The number of anilines is 1. The van der Waals surface area contributed by atoms with Gasteiger partial charge in [-0.3, -0.25) is 0 Å².